The Morgan fingerprint density at radius 1 is 0.913 bits per heavy atom. The Morgan fingerprint density at radius 2 is 1.48 bits per heavy atom. The van der Waals surface area contributed by atoms with Crippen molar-refractivity contribution in [3.05, 3.63) is 0 Å². The quantitative estimate of drug-likeness (QED) is 0.673. The van der Waals surface area contributed by atoms with Crippen LogP contribution in [0.15, 0.2) is 0 Å². The Balaban J connectivity index is 1.37. The third-order valence-corrected chi connectivity index (χ3v) is 9.43. The Hall–Kier alpha value is -0.530. The van der Waals surface area contributed by atoms with Crippen molar-refractivity contribution in [1.82, 2.24) is 0 Å². The second kappa shape index (κ2) is 4.35. The number of fused-ring (bicyclic) bond motifs is 2. The molecule has 128 valence electrons. The summed E-state index contributed by atoms with van der Waals surface area (Å²) in [5, 5.41) is 0. The summed E-state index contributed by atoms with van der Waals surface area (Å²) in [6.45, 7) is 7.20. The fourth-order valence-corrected chi connectivity index (χ4v) is 7.92. The van der Waals surface area contributed by atoms with Gasteiger partial charge in [-0.25, -0.2) is 0 Å². The number of ether oxygens (including phenoxy) is 1. The van der Waals surface area contributed by atoms with Gasteiger partial charge in [0, 0.05) is 5.41 Å². The van der Waals surface area contributed by atoms with Crippen LogP contribution < -0.4 is 0 Å². The van der Waals surface area contributed by atoms with Crippen LogP contribution >= 0.6 is 0 Å². The second-order valence-corrected chi connectivity index (χ2v) is 10.7. The number of carbonyl (C=O) groups is 1. The minimum atomic E-state index is -0.0862. The molecule has 0 saturated heterocycles. The first-order chi connectivity index (χ1) is 10.8. The van der Waals surface area contributed by atoms with Crippen LogP contribution in [0, 0.1) is 39.9 Å². The minimum Gasteiger partial charge on any atom is -0.461 e. The molecule has 0 radical (unpaired) electrons. The van der Waals surface area contributed by atoms with Crippen LogP contribution in [0.4, 0.5) is 0 Å². The highest BCUT2D eigenvalue weighted by molar-refractivity contribution is 5.78. The van der Waals surface area contributed by atoms with E-state index in [4.69, 9.17) is 4.74 Å². The lowest BCUT2D eigenvalue weighted by Gasteiger charge is -2.55. The molecule has 0 amide bonds. The molecule has 23 heavy (non-hydrogen) atoms. The van der Waals surface area contributed by atoms with Gasteiger partial charge in [0.25, 0.3) is 0 Å². The van der Waals surface area contributed by atoms with Gasteiger partial charge < -0.3 is 4.74 Å². The van der Waals surface area contributed by atoms with Crippen LogP contribution in [-0.2, 0) is 9.53 Å². The largest absolute Gasteiger partial charge is 0.461 e. The second-order valence-electron chi connectivity index (χ2n) is 10.7. The molecule has 6 aliphatic carbocycles. The van der Waals surface area contributed by atoms with Gasteiger partial charge in [-0.05, 0) is 86.9 Å². The highest BCUT2D eigenvalue weighted by atomic mass is 16.5. The molecule has 0 aromatic carbocycles. The Bertz CT molecular complexity index is 513. The van der Waals surface area contributed by atoms with Crippen molar-refractivity contribution in [2.75, 3.05) is 0 Å². The van der Waals surface area contributed by atoms with Gasteiger partial charge in [0.1, 0.15) is 6.10 Å². The summed E-state index contributed by atoms with van der Waals surface area (Å²) in [5.74, 6) is 3.41. The van der Waals surface area contributed by atoms with Crippen molar-refractivity contribution < 1.29 is 9.53 Å². The third-order valence-electron chi connectivity index (χ3n) is 9.43. The summed E-state index contributed by atoms with van der Waals surface area (Å²) in [6, 6.07) is 0. The zero-order valence-corrected chi connectivity index (χ0v) is 15.1. The maximum absolute atomic E-state index is 13.3. The van der Waals surface area contributed by atoms with Gasteiger partial charge in [0.2, 0.25) is 0 Å². The zero-order valence-electron chi connectivity index (χ0n) is 15.1. The maximum Gasteiger partial charge on any atom is 0.312 e. The van der Waals surface area contributed by atoms with E-state index in [0.717, 1.165) is 49.4 Å². The predicted molar refractivity (Wildman–Crippen MR) is 89.7 cm³/mol. The van der Waals surface area contributed by atoms with E-state index in [0.29, 0.717) is 5.41 Å². The fraction of sp³-hybridized carbons (Fsp3) is 0.952. The first kappa shape index (κ1) is 14.8. The molecule has 0 spiro atoms. The van der Waals surface area contributed by atoms with Gasteiger partial charge in [0.05, 0.1) is 5.41 Å². The van der Waals surface area contributed by atoms with E-state index in [1.807, 2.05) is 0 Å². The molecular weight excluding hydrogens is 284 g/mol. The SMILES string of the molecule is CC1(C)[C@@H]2CC[C@]1(C)[C@H](OC(=O)C13CC4CC(CC(C4)C1)C3)C2. The van der Waals surface area contributed by atoms with Crippen LogP contribution in [0.2, 0.25) is 0 Å². The third kappa shape index (κ3) is 1.79. The lowest BCUT2D eigenvalue weighted by Crippen LogP contribution is -2.52. The molecule has 6 rings (SSSR count). The molecule has 0 aromatic heterocycles. The Kier molecular flexibility index (Phi) is 2.80. The van der Waals surface area contributed by atoms with Crippen LogP contribution in [0.5, 0.6) is 0 Å². The minimum absolute atomic E-state index is 0.0862. The van der Waals surface area contributed by atoms with E-state index in [-0.39, 0.29) is 22.9 Å². The summed E-state index contributed by atoms with van der Waals surface area (Å²) in [6.07, 6.45) is 11.4. The lowest BCUT2D eigenvalue weighted by atomic mass is 9.49. The Morgan fingerprint density at radius 3 is 1.91 bits per heavy atom. The molecule has 6 aliphatic rings. The van der Waals surface area contributed by atoms with E-state index in [2.05, 4.69) is 20.8 Å². The fourth-order valence-electron chi connectivity index (χ4n) is 7.92. The average molecular weight is 316 g/mol. The zero-order chi connectivity index (χ0) is 16.0. The first-order valence-corrected chi connectivity index (χ1v) is 10.0. The molecule has 0 aliphatic heterocycles. The van der Waals surface area contributed by atoms with Crippen LogP contribution in [-0.4, -0.2) is 12.1 Å². The molecule has 6 saturated carbocycles. The van der Waals surface area contributed by atoms with E-state index in [1.165, 1.54) is 32.1 Å². The van der Waals surface area contributed by atoms with Crippen molar-refractivity contribution in [2.45, 2.75) is 84.7 Å². The van der Waals surface area contributed by atoms with Crippen molar-refractivity contribution in [3.8, 4) is 0 Å². The molecular formula is C21H32O2. The van der Waals surface area contributed by atoms with Crippen LogP contribution in [0.25, 0.3) is 0 Å². The van der Waals surface area contributed by atoms with E-state index >= 15 is 0 Å². The Labute approximate surface area is 140 Å². The molecule has 6 bridgehead atoms. The molecule has 0 aromatic rings. The standard InChI is InChI=1S/C21H32O2/c1-19(2)16-4-5-20(19,3)17(9-16)23-18(22)21-10-13-6-14(11-21)8-15(7-13)12-21/h13-17H,4-12H2,1-3H3/t13?,14?,15?,16-,17-,20-,21?/m1/s1. The van der Waals surface area contributed by atoms with Crippen molar-refractivity contribution in [2.24, 2.45) is 39.9 Å². The normalized spacial score (nSPS) is 55.3. The molecule has 6 fully saturated rings. The predicted octanol–water partition coefficient (Wildman–Crippen LogP) is 4.96. The summed E-state index contributed by atoms with van der Waals surface area (Å²) >= 11 is 0. The topological polar surface area (TPSA) is 26.3 Å². The monoisotopic (exact) mass is 316 g/mol. The molecule has 3 atom stereocenters. The summed E-state index contributed by atoms with van der Waals surface area (Å²) < 4.78 is 6.33. The van der Waals surface area contributed by atoms with Gasteiger partial charge in [-0.15, -0.1) is 0 Å². The first-order valence-electron chi connectivity index (χ1n) is 10.0. The maximum atomic E-state index is 13.3. The van der Waals surface area contributed by atoms with Crippen molar-refractivity contribution in [3.63, 3.8) is 0 Å². The highest BCUT2D eigenvalue weighted by Gasteiger charge is 2.64. The molecule has 0 heterocycles. The van der Waals surface area contributed by atoms with E-state index < -0.39 is 0 Å². The number of esters is 1. The summed E-state index contributed by atoms with van der Waals surface area (Å²) in [5.41, 5.74) is 0.451. The molecule has 2 heteroatoms. The average Bonchev–Trinajstić information content (AvgIpc) is 2.79. The number of hydrogen-bond acceptors (Lipinski definition) is 2. The number of rotatable bonds is 2. The van der Waals surface area contributed by atoms with Crippen LogP contribution in [0.3, 0.4) is 0 Å². The molecule has 0 unspecified atom stereocenters. The van der Waals surface area contributed by atoms with Crippen molar-refractivity contribution >= 4 is 5.97 Å². The van der Waals surface area contributed by atoms with E-state index in [9.17, 15) is 4.79 Å². The number of hydrogen-bond donors (Lipinski definition) is 0. The summed E-state index contributed by atoms with van der Waals surface area (Å²) in [4.78, 5) is 13.3. The lowest BCUT2D eigenvalue weighted by molar-refractivity contribution is -0.184. The van der Waals surface area contributed by atoms with E-state index in [1.54, 1.807) is 0 Å². The van der Waals surface area contributed by atoms with Gasteiger partial charge in [-0.3, -0.25) is 4.79 Å². The van der Waals surface area contributed by atoms with Gasteiger partial charge in [0.15, 0.2) is 0 Å². The molecule has 2 nitrogen and oxygen atoms in total. The smallest absolute Gasteiger partial charge is 0.312 e. The van der Waals surface area contributed by atoms with Gasteiger partial charge >= 0.3 is 5.97 Å². The van der Waals surface area contributed by atoms with Gasteiger partial charge in [-0.2, -0.15) is 0 Å². The highest BCUT2D eigenvalue weighted by Crippen LogP contribution is 2.67. The molecule has 0 N–H and O–H groups in total. The van der Waals surface area contributed by atoms with Crippen LogP contribution in [0.1, 0.15) is 78.6 Å². The summed E-state index contributed by atoms with van der Waals surface area (Å²) in [7, 11) is 0. The van der Waals surface area contributed by atoms with Gasteiger partial charge in [-0.1, -0.05) is 20.8 Å². The number of carbonyl (C=O) groups excluding carboxylic acids is 1. The van der Waals surface area contributed by atoms with Crippen molar-refractivity contribution in [1.29, 1.82) is 0 Å².